The van der Waals surface area contributed by atoms with E-state index in [2.05, 4.69) is 41.5 Å². The second kappa shape index (κ2) is 21.5. The van der Waals surface area contributed by atoms with Crippen LogP contribution in [-0.2, 0) is 28.5 Å². The Morgan fingerprint density at radius 3 is 1.41 bits per heavy atom. The fourth-order valence-electron chi connectivity index (χ4n) is 3.95. The van der Waals surface area contributed by atoms with E-state index in [-0.39, 0.29) is 54.7 Å². The zero-order valence-electron chi connectivity index (χ0n) is 29.7. The Morgan fingerprint density at radius 2 is 1.13 bits per heavy atom. The minimum atomic E-state index is -0.756. The van der Waals surface area contributed by atoms with Crippen LogP contribution in [0.15, 0.2) is 0 Å². The highest BCUT2D eigenvalue weighted by molar-refractivity contribution is 5.76. The summed E-state index contributed by atoms with van der Waals surface area (Å²) in [5.41, 5.74) is -0.840. The second-order valence-electron chi connectivity index (χ2n) is 12.5. The highest BCUT2D eigenvalue weighted by atomic mass is 16.6. The summed E-state index contributed by atoms with van der Waals surface area (Å²) in [7, 11) is 5.48. The van der Waals surface area contributed by atoms with Crippen molar-refractivity contribution in [1.29, 1.82) is 0 Å². The smallest absolute Gasteiger partial charge is 0.311 e. The Labute approximate surface area is 243 Å². The van der Waals surface area contributed by atoms with Gasteiger partial charge in [0.05, 0.1) is 24.0 Å². The molecule has 4 N–H and O–H groups in total. The molecule has 0 radical (unpaired) electrons. The molecule has 0 aromatic rings. The third-order valence-corrected chi connectivity index (χ3v) is 6.56. The number of ether oxygens (including phenoxy) is 4. The number of carbonyl (C=O) groups excluding carboxylic acids is 2. The Morgan fingerprint density at radius 1 is 0.769 bits per heavy atom. The van der Waals surface area contributed by atoms with Crippen molar-refractivity contribution in [1.82, 2.24) is 0 Å². The standard InChI is InChI=1S/2C14H28O4.2CH4.H2O/c1-7-13(2,3)10-14(4,5)12(16)18-9-11(15)8-17-6;1-7-13(2,3)10-14(4,5)12(16)18-9-11(8-15)17-6;;;/h2*11,15H,7-10H2,1-6H3;2*1H4;1H2/i;;2*1D;. The SMILES string of the molecule is CCC(C)(C)CC(C)(C)C(=O)OCC(CO)OC.CCC(C)(C)CC(C)(C)C(=O)OCC(O)COC.O.[2H]C.[2H]C. The number of hydrogen-bond donors (Lipinski definition) is 2. The lowest BCUT2D eigenvalue weighted by molar-refractivity contribution is -0.160. The fourth-order valence-corrected chi connectivity index (χ4v) is 3.95. The molecule has 0 bridgehead atoms. The number of rotatable bonds is 16. The molecule has 0 saturated carbocycles. The van der Waals surface area contributed by atoms with Gasteiger partial charge < -0.3 is 34.6 Å². The quantitative estimate of drug-likeness (QED) is 0.239. The molecule has 0 saturated heterocycles. The van der Waals surface area contributed by atoms with E-state index in [1.165, 1.54) is 29.0 Å². The summed E-state index contributed by atoms with van der Waals surface area (Å²) < 4.78 is 31.6. The summed E-state index contributed by atoms with van der Waals surface area (Å²) in [6, 6.07) is 0. The fraction of sp³-hybridized carbons (Fsp3) is 0.933. The van der Waals surface area contributed by atoms with Crippen LogP contribution in [0.25, 0.3) is 0 Å². The summed E-state index contributed by atoms with van der Waals surface area (Å²) in [6.07, 6.45) is 2.36. The predicted octanol–water partition coefficient (Wildman–Crippen LogP) is 5.23. The van der Waals surface area contributed by atoms with Crippen LogP contribution in [-0.4, -0.2) is 80.5 Å². The maximum atomic E-state index is 12.0. The van der Waals surface area contributed by atoms with Crippen molar-refractivity contribution in [2.45, 2.75) is 122 Å². The molecule has 240 valence electrons. The molecule has 0 aromatic carbocycles. The topological polar surface area (TPSA) is 143 Å². The average molecular weight is 573 g/mol. The molecule has 0 aliphatic heterocycles. The van der Waals surface area contributed by atoms with Crippen molar-refractivity contribution < 1.29 is 47.0 Å². The third-order valence-electron chi connectivity index (χ3n) is 6.56. The third kappa shape index (κ3) is 21.2. The molecule has 2 atom stereocenters. The van der Waals surface area contributed by atoms with Gasteiger partial charge in [0.15, 0.2) is 0 Å². The van der Waals surface area contributed by atoms with E-state index in [1.807, 2.05) is 27.7 Å². The maximum absolute atomic E-state index is 12.0. The van der Waals surface area contributed by atoms with E-state index in [0.29, 0.717) is 0 Å². The molecule has 0 spiro atoms. The number of methoxy groups -OCH3 is 2. The molecule has 0 heterocycles. The first-order valence-electron chi connectivity index (χ1n) is 15.0. The van der Waals surface area contributed by atoms with E-state index < -0.39 is 23.0 Å². The van der Waals surface area contributed by atoms with Crippen LogP contribution in [0, 0.1) is 21.7 Å². The lowest BCUT2D eigenvalue weighted by Crippen LogP contribution is -2.34. The first-order chi connectivity index (χ1) is 18.3. The molecule has 2 unspecified atom stereocenters. The second-order valence-corrected chi connectivity index (χ2v) is 12.5. The lowest BCUT2D eigenvalue weighted by atomic mass is 9.74. The van der Waals surface area contributed by atoms with Gasteiger partial charge in [0.1, 0.15) is 25.4 Å². The van der Waals surface area contributed by atoms with Crippen molar-refractivity contribution in [2.75, 3.05) is 40.6 Å². The van der Waals surface area contributed by atoms with Crippen molar-refractivity contribution in [3.8, 4) is 0 Å². The van der Waals surface area contributed by atoms with Crippen LogP contribution in [0.2, 0.25) is 0 Å². The molecule has 0 fully saturated rings. The summed E-state index contributed by atoms with van der Waals surface area (Å²) in [5, 5.41) is 18.4. The van der Waals surface area contributed by atoms with Crippen molar-refractivity contribution >= 4 is 11.9 Å². The van der Waals surface area contributed by atoms with Crippen LogP contribution < -0.4 is 0 Å². The van der Waals surface area contributed by atoms with E-state index in [9.17, 15) is 14.7 Å². The Kier molecular flexibility index (Phi) is 23.3. The zero-order chi connectivity index (χ0) is 32.8. The number of esters is 2. The Balaban J connectivity index is -0.000000184. The lowest BCUT2D eigenvalue weighted by Gasteiger charge is -2.32. The van der Waals surface area contributed by atoms with E-state index in [4.69, 9.17) is 26.8 Å². The van der Waals surface area contributed by atoms with Crippen molar-refractivity contribution in [3.05, 3.63) is 0 Å². The summed E-state index contributed by atoms with van der Waals surface area (Å²) in [4.78, 5) is 24.0. The van der Waals surface area contributed by atoms with Gasteiger partial charge in [0.25, 0.3) is 0 Å². The van der Waals surface area contributed by atoms with E-state index >= 15 is 0 Å². The zero-order valence-corrected chi connectivity index (χ0v) is 27.7. The van der Waals surface area contributed by atoms with Crippen LogP contribution in [0.1, 0.15) is 112 Å². The first kappa shape index (κ1) is 42.2. The van der Waals surface area contributed by atoms with E-state index in [1.54, 1.807) is 0 Å². The normalized spacial score (nSPS) is 13.6. The molecule has 39 heavy (non-hydrogen) atoms. The minimum absolute atomic E-state index is 0. The predicted molar refractivity (Wildman–Crippen MR) is 160 cm³/mol. The largest absolute Gasteiger partial charge is 0.462 e. The molecular formula is C30H66O9. The van der Waals surface area contributed by atoms with Gasteiger partial charge in [-0.1, -0.05) is 69.2 Å². The Hall–Kier alpha value is -1.26. The average Bonchev–Trinajstić information content (AvgIpc) is 2.89. The molecule has 9 heteroatoms. The summed E-state index contributed by atoms with van der Waals surface area (Å²) >= 11 is 0. The van der Waals surface area contributed by atoms with Gasteiger partial charge in [-0.2, -0.15) is 0 Å². The molecule has 0 aromatic heterocycles. The van der Waals surface area contributed by atoms with Crippen LogP contribution in [0.5, 0.6) is 0 Å². The van der Waals surface area contributed by atoms with Crippen LogP contribution >= 0.6 is 0 Å². The van der Waals surface area contributed by atoms with Crippen molar-refractivity contribution in [2.24, 2.45) is 21.7 Å². The maximum Gasteiger partial charge on any atom is 0.311 e. The number of aliphatic hydroxyl groups excluding tert-OH is 2. The van der Waals surface area contributed by atoms with Gasteiger partial charge in [-0.25, -0.2) is 0 Å². The molecular weight excluding hydrogens is 504 g/mol. The molecule has 9 nitrogen and oxygen atoms in total. The minimum Gasteiger partial charge on any atom is -0.462 e. The monoisotopic (exact) mass is 572 g/mol. The van der Waals surface area contributed by atoms with Gasteiger partial charge in [-0.3, -0.25) is 9.59 Å². The van der Waals surface area contributed by atoms with Crippen LogP contribution in [0.3, 0.4) is 0 Å². The van der Waals surface area contributed by atoms with Crippen molar-refractivity contribution in [3.63, 3.8) is 0 Å². The van der Waals surface area contributed by atoms with Gasteiger partial charge in [0, 0.05) is 17.0 Å². The Bertz CT molecular complexity index is 635. The highest BCUT2D eigenvalue weighted by Crippen LogP contribution is 2.37. The van der Waals surface area contributed by atoms with Gasteiger partial charge in [-0.15, -0.1) is 0 Å². The molecule has 0 aliphatic rings. The molecule has 0 rings (SSSR count). The van der Waals surface area contributed by atoms with Crippen LogP contribution in [0.4, 0.5) is 0 Å². The highest BCUT2D eigenvalue weighted by Gasteiger charge is 2.36. The summed E-state index contributed by atoms with van der Waals surface area (Å²) in [5.74, 6) is -0.501. The molecule has 0 amide bonds. The van der Waals surface area contributed by atoms with Gasteiger partial charge in [-0.05, 0) is 51.4 Å². The molecule has 0 aliphatic carbocycles. The van der Waals surface area contributed by atoms with Gasteiger partial charge >= 0.3 is 11.9 Å². The number of hydrogen-bond acceptors (Lipinski definition) is 8. The number of carbonyl (C=O) groups is 2. The number of aliphatic hydroxyl groups is 2. The summed E-state index contributed by atoms with van der Waals surface area (Å²) in [6.45, 7) is 20.5. The van der Waals surface area contributed by atoms with Gasteiger partial charge in [0.2, 0.25) is 0 Å². The van der Waals surface area contributed by atoms with E-state index in [0.717, 1.165) is 25.7 Å². The first-order valence-corrected chi connectivity index (χ1v) is 13.0.